The van der Waals surface area contributed by atoms with Crippen LogP contribution in [0.5, 0.6) is 0 Å². The Morgan fingerprint density at radius 3 is 2.74 bits per heavy atom. The summed E-state index contributed by atoms with van der Waals surface area (Å²) < 4.78 is 0. The molecule has 0 bridgehead atoms. The molecule has 0 spiro atoms. The quantitative estimate of drug-likeness (QED) is 0.874. The number of amides is 3. The van der Waals surface area contributed by atoms with Gasteiger partial charge in [-0.15, -0.1) is 0 Å². The summed E-state index contributed by atoms with van der Waals surface area (Å²) in [6, 6.07) is 1.52. The average molecular weight is 335 g/mol. The standard InChI is InChI=1S/C16H21N3O3S/c1-10(20)19-13(16(22)17-2)6-12-7-18(8-14(12)19)15(21)5-11-3-4-23-9-11/h3-4,9,12-14H,5-8H2,1-2H3,(H,17,22)/t12?,13-,14?/m1/s1. The highest BCUT2D eigenvalue weighted by Gasteiger charge is 2.50. The van der Waals surface area contributed by atoms with Crippen molar-refractivity contribution in [2.75, 3.05) is 20.1 Å². The van der Waals surface area contributed by atoms with Crippen molar-refractivity contribution in [3.8, 4) is 0 Å². The van der Waals surface area contributed by atoms with E-state index in [9.17, 15) is 14.4 Å². The van der Waals surface area contributed by atoms with E-state index in [2.05, 4.69) is 5.32 Å². The minimum Gasteiger partial charge on any atom is -0.357 e. The lowest BCUT2D eigenvalue weighted by Gasteiger charge is -2.28. The summed E-state index contributed by atoms with van der Waals surface area (Å²) in [5, 5.41) is 6.58. The Kier molecular flexibility index (Phi) is 4.39. The molecule has 3 amide bonds. The van der Waals surface area contributed by atoms with E-state index < -0.39 is 6.04 Å². The van der Waals surface area contributed by atoms with Crippen molar-refractivity contribution in [1.82, 2.24) is 15.1 Å². The van der Waals surface area contributed by atoms with Gasteiger partial charge in [0.1, 0.15) is 6.04 Å². The zero-order chi connectivity index (χ0) is 16.6. The van der Waals surface area contributed by atoms with Gasteiger partial charge in [-0.1, -0.05) is 0 Å². The predicted octanol–water partition coefficient (Wildman–Crippen LogP) is 0.484. The summed E-state index contributed by atoms with van der Waals surface area (Å²) in [6.45, 7) is 2.65. The van der Waals surface area contributed by atoms with Crippen LogP contribution in [0.3, 0.4) is 0 Å². The molecule has 7 heteroatoms. The third-order valence-electron chi connectivity index (χ3n) is 4.83. The third kappa shape index (κ3) is 2.97. The lowest BCUT2D eigenvalue weighted by Crippen LogP contribution is -2.49. The second-order valence-electron chi connectivity index (χ2n) is 6.23. The van der Waals surface area contributed by atoms with Crippen molar-refractivity contribution < 1.29 is 14.4 Å². The zero-order valence-corrected chi connectivity index (χ0v) is 14.1. The number of carbonyl (C=O) groups excluding carboxylic acids is 3. The van der Waals surface area contributed by atoms with E-state index in [-0.39, 0.29) is 29.7 Å². The van der Waals surface area contributed by atoms with Crippen molar-refractivity contribution in [2.45, 2.75) is 31.8 Å². The molecule has 6 nitrogen and oxygen atoms in total. The first-order valence-electron chi connectivity index (χ1n) is 7.80. The molecule has 2 aliphatic rings. The summed E-state index contributed by atoms with van der Waals surface area (Å²) in [5.74, 6) is 0.0643. The number of hydrogen-bond donors (Lipinski definition) is 1. The molecule has 0 aromatic carbocycles. The normalized spacial score (nSPS) is 26.3. The second-order valence-corrected chi connectivity index (χ2v) is 7.01. The number of likely N-dealkylation sites (N-methyl/N-ethyl adjacent to an activating group) is 1. The van der Waals surface area contributed by atoms with Gasteiger partial charge in [0.2, 0.25) is 17.7 Å². The first kappa shape index (κ1) is 16.0. The van der Waals surface area contributed by atoms with E-state index in [1.807, 2.05) is 21.7 Å². The number of rotatable bonds is 3. The Hall–Kier alpha value is -1.89. The largest absolute Gasteiger partial charge is 0.357 e. The van der Waals surface area contributed by atoms with E-state index in [1.165, 1.54) is 6.92 Å². The molecule has 0 saturated carbocycles. The Labute approximate surface area is 139 Å². The van der Waals surface area contributed by atoms with Gasteiger partial charge in [0.05, 0.1) is 12.5 Å². The van der Waals surface area contributed by atoms with Crippen LogP contribution in [0.15, 0.2) is 16.8 Å². The minimum atomic E-state index is -0.401. The lowest BCUT2D eigenvalue weighted by molar-refractivity contribution is -0.139. The maximum Gasteiger partial charge on any atom is 0.242 e. The first-order chi connectivity index (χ1) is 11.0. The molecule has 3 rings (SSSR count). The summed E-state index contributed by atoms with van der Waals surface area (Å²) in [6.07, 6.45) is 1.04. The smallest absolute Gasteiger partial charge is 0.242 e. The number of nitrogens with zero attached hydrogens (tertiary/aromatic N) is 2. The highest BCUT2D eigenvalue weighted by Crippen LogP contribution is 2.36. The molecule has 3 heterocycles. The highest BCUT2D eigenvalue weighted by molar-refractivity contribution is 7.08. The van der Waals surface area contributed by atoms with E-state index in [0.717, 1.165) is 5.56 Å². The SMILES string of the molecule is CNC(=O)[C@H]1CC2CN(C(=O)Cc3ccsc3)CC2N1C(C)=O. The van der Waals surface area contributed by atoms with Crippen LogP contribution in [0.2, 0.25) is 0 Å². The van der Waals surface area contributed by atoms with E-state index in [1.54, 1.807) is 23.3 Å². The van der Waals surface area contributed by atoms with Gasteiger partial charge < -0.3 is 15.1 Å². The molecule has 2 saturated heterocycles. The number of carbonyl (C=O) groups is 3. The fraction of sp³-hybridized carbons (Fsp3) is 0.562. The second kappa shape index (κ2) is 6.31. The maximum atomic E-state index is 12.4. The average Bonchev–Trinajstić information content (AvgIpc) is 3.20. The molecule has 124 valence electrons. The van der Waals surface area contributed by atoms with Gasteiger partial charge in [0.25, 0.3) is 0 Å². The minimum absolute atomic E-state index is 0.0405. The molecular weight excluding hydrogens is 314 g/mol. The molecule has 0 aliphatic carbocycles. The zero-order valence-electron chi connectivity index (χ0n) is 13.3. The topological polar surface area (TPSA) is 69.7 Å². The van der Waals surface area contributed by atoms with E-state index in [4.69, 9.17) is 0 Å². The van der Waals surface area contributed by atoms with E-state index >= 15 is 0 Å². The number of likely N-dealkylation sites (tertiary alicyclic amines) is 2. The molecule has 23 heavy (non-hydrogen) atoms. The molecule has 1 aromatic rings. The molecule has 1 aromatic heterocycles. The Balaban J connectivity index is 1.69. The number of nitrogens with one attached hydrogen (secondary N) is 1. The number of hydrogen-bond acceptors (Lipinski definition) is 4. The Morgan fingerprint density at radius 2 is 2.13 bits per heavy atom. The van der Waals surface area contributed by atoms with Gasteiger partial charge in [0.15, 0.2) is 0 Å². The summed E-state index contributed by atoms with van der Waals surface area (Å²) in [7, 11) is 1.59. The molecule has 2 aliphatic heterocycles. The van der Waals surface area contributed by atoms with Crippen LogP contribution in [0.4, 0.5) is 0 Å². The van der Waals surface area contributed by atoms with Gasteiger partial charge in [-0.05, 0) is 28.8 Å². The van der Waals surface area contributed by atoms with Crippen LogP contribution < -0.4 is 5.32 Å². The fourth-order valence-electron chi connectivity index (χ4n) is 3.77. The van der Waals surface area contributed by atoms with Crippen LogP contribution in [0.1, 0.15) is 18.9 Å². The van der Waals surface area contributed by atoms with Gasteiger partial charge in [-0.3, -0.25) is 14.4 Å². The van der Waals surface area contributed by atoms with E-state index in [0.29, 0.717) is 25.9 Å². The third-order valence-corrected chi connectivity index (χ3v) is 5.56. The first-order valence-corrected chi connectivity index (χ1v) is 8.75. The van der Waals surface area contributed by atoms with Crippen molar-refractivity contribution in [3.05, 3.63) is 22.4 Å². The number of thiophene rings is 1. The van der Waals surface area contributed by atoms with Crippen LogP contribution in [-0.2, 0) is 20.8 Å². The predicted molar refractivity (Wildman–Crippen MR) is 86.9 cm³/mol. The monoisotopic (exact) mass is 335 g/mol. The van der Waals surface area contributed by atoms with Gasteiger partial charge in [-0.25, -0.2) is 0 Å². The van der Waals surface area contributed by atoms with Crippen molar-refractivity contribution in [2.24, 2.45) is 5.92 Å². The van der Waals surface area contributed by atoms with Gasteiger partial charge >= 0.3 is 0 Å². The fourth-order valence-corrected chi connectivity index (χ4v) is 4.44. The van der Waals surface area contributed by atoms with Gasteiger partial charge in [0, 0.05) is 33.0 Å². The van der Waals surface area contributed by atoms with Crippen LogP contribution in [-0.4, -0.2) is 59.7 Å². The molecule has 1 N–H and O–H groups in total. The lowest BCUT2D eigenvalue weighted by atomic mass is 10.0. The molecule has 2 fully saturated rings. The summed E-state index contributed by atoms with van der Waals surface area (Å²) in [5.41, 5.74) is 1.03. The van der Waals surface area contributed by atoms with Gasteiger partial charge in [-0.2, -0.15) is 11.3 Å². The van der Waals surface area contributed by atoms with Crippen molar-refractivity contribution >= 4 is 29.1 Å². The summed E-state index contributed by atoms with van der Waals surface area (Å²) >= 11 is 1.58. The number of fused-ring (bicyclic) bond motifs is 1. The molecule has 0 radical (unpaired) electrons. The van der Waals surface area contributed by atoms with Crippen LogP contribution in [0.25, 0.3) is 0 Å². The highest BCUT2D eigenvalue weighted by atomic mass is 32.1. The molecule has 2 unspecified atom stereocenters. The molecule has 3 atom stereocenters. The van der Waals surface area contributed by atoms with Crippen LogP contribution in [0, 0.1) is 5.92 Å². The van der Waals surface area contributed by atoms with Crippen LogP contribution >= 0.6 is 11.3 Å². The van der Waals surface area contributed by atoms with Crippen molar-refractivity contribution in [1.29, 1.82) is 0 Å². The Morgan fingerprint density at radius 1 is 1.35 bits per heavy atom. The molecular formula is C16H21N3O3S. The Bertz CT molecular complexity index is 616. The van der Waals surface area contributed by atoms with Crippen molar-refractivity contribution in [3.63, 3.8) is 0 Å². The maximum absolute atomic E-state index is 12.4. The summed E-state index contributed by atoms with van der Waals surface area (Å²) in [4.78, 5) is 39.9.